The lowest BCUT2D eigenvalue weighted by Crippen LogP contribution is -2.63. The SMILES string of the molecule is CC(=O)OC1C(OC(=O)/C=C/c2ccc(C)cc2)C(C)OC(O)C1OC1CC(C)C(O)C(O)C1O. The van der Waals surface area contributed by atoms with Crippen LogP contribution < -0.4 is 0 Å². The molecule has 0 bridgehead atoms. The molecule has 10 heteroatoms. The highest BCUT2D eigenvalue weighted by Gasteiger charge is 2.51. The molecule has 1 aromatic rings. The highest BCUT2D eigenvalue weighted by atomic mass is 16.7. The zero-order valence-corrected chi connectivity index (χ0v) is 20.2. The minimum Gasteiger partial charge on any atom is -0.455 e. The summed E-state index contributed by atoms with van der Waals surface area (Å²) in [6, 6.07) is 7.49. The van der Waals surface area contributed by atoms with Crippen LogP contribution in [0.4, 0.5) is 0 Å². The maximum atomic E-state index is 12.6. The smallest absolute Gasteiger partial charge is 0.331 e. The molecule has 1 aliphatic heterocycles. The first-order valence-corrected chi connectivity index (χ1v) is 11.6. The molecule has 10 nitrogen and oxygen atoms in total. The van der Waals surface area contributed by atoms with Gasteiger partial charge in [0.1, 0.15) is 18.3 Å². The van der Waals surface area contributed by atoms with Gasteiger partial charge in [0.15, 0.2) is 18.5 Å². The van der Waals surface area contributed by atoms with E-state index in [1.54, 1.807) is 19.9 Å². The lowest BCUT2D eigenvalue weighted by Gasteiger charge is -2.46. The Hall–Kier alpha value is -2.34. The van der Waals surface area contributed by atoms with Crippen LogP contribution in [0.3, 0.4) is 0 Å². The van der Waals surface area contributed by atoms with Crippen molar-refractivity contribution in [3.05, 3.63) is 41.5 Å². The number of benzene rings is 1. The highest BCUT2D eigenvalue weighted by molar-refractivity contribution is 5.87. The standard InChI is InChI=1S/C25H34O10/c1-12-5-7-16(8-6-12)9-10-18(27)35-22-14(3)32-25(31)24(23(22)33-15(4)26)34-17-11-13(2)19(28)21(30)20(17)29/h5-10,13-14,17,19-25,28-31H,11H2,1-4H3/b10-9+. The molecule has 0 amide bonds. The number of aryl methyl sites for hydroxylation is 1. The second-order valence-corrected chi connectivity index (χ2v) is 9.28. The Morgan fingerprint density at radius 1 is 0.943 bits per heavy atom. The summed E-state index contributed by atoms with van der Waals surface area (Å²) in [7, 11) is 0. The van der Waals surface area contributed by atoms with Crippen LogP contribution in [-0.2, 0) is 28.5 Å². The molecule has 1 saturated heterocycles. The molecule has 2 fully saturated rings. The van der Waals surface area contributed by atoms with Gasteiger partial charge >= 0.3 is 11.9 Å². The molecule has 1 saturated carbocycles. The molecule has 3 rings (SSSR count). The maximum absolute atomic E-state index is 12.6. The van der Waals surface area contributed by atoms with Gasteiger partial charge in [0.2, 0.25) is 0 Å². The van der Waals surface area contributed by atoms with E-state index in [0.29, 0.717) is 0 Å². The minimum atomic E-state index is -1.57. The van der Waals surface area contributed by atoms with Crippen LogP contribution in [-0.4, -0.2) is 87.5 Å². The lowest BCUT2D eigenvalue weighted by molar-refractivity contribution is -0.311. The van der Waals surface area contributed by atoms with Gasteiger partial charge in [0.05, 0.1) is 18.3 Å². The molecule has 2 aliphatic rings. The molecule has 10 atom stereocenters. The van der Waals surface area contributed by atoms with E-state index < -0.39 is 73.0 Å². The summed E-state index contributed by atoms with van der Waals surface area (Å²) in [6.45, 7) is 6.34. The fourth-order valence-electron chi connectivity index (χ4n) is 4.38. The van der Waals surface area contributed by atoms with Crippen LogP contribution in [0.2, 0.25) is 0 Å². The van der Waals surface area contributed by atoms with Crippen LogP contribution in [0.15, 0.2) is 30.3 Å². The predicted octanol–water partition coefficient (Wildman–Crippen LogP) is 0.465. The van der Waals surface area contributed by atoms with E-state index >= 15 is 0 Å². The predicted molar refractivity (Wildman–Crippen MR) is 123 cm³/mol. The number of ether oxygens (including phenoxy) is 4. The third-order valence-electron chi connectivity index (χ3n) is 6.39. The average molecular weight is 495 g/mol. The fourth-order valence-corrected chi connectivity index (χ4v) is 4.38. The van der Waals surface area contributed by atoms with Gasteiger partial charge in [-0.15, -0.1) is 0 Å². The van der Waals surface area contributed by atoms with Crippen LogP contribution >= 0.6 is 0 Å². The van der Waals surface area contributed by atoms with Crippen molar-refractivity contribution in [1.82, 2.24) is 0 Å². The van der Waals surface area contributed by atoms with E-state index in [4.69, 9.17) is 18.9 Å². The molecule has 1 heterocycles. The number of rotatable bonds is 6. The third kappa shape index (κ3) is 6.66. The van der Waals surface area contributed by atoms with Gasteiger partial charge in [-0.1, -0.05) is 36.8 Å². The first kappa shape index (κ1) is 27.3. The van der Waals surface area contributed by atoms with E-state index in [0.717, 1.165) is 18.1 Å². The number of aliphatic hydroxyl groups excluding tert-OH is 4. The van der Waals surface area contributed by atoms with Crippen molar-refractivity contribution in [1.29, 1.82) is 0 Å². The van der Waals surface area contributed by atoms with Gasteiger partial charge in [-0.2, -0.15) is 0 Å². The minimum absolute atomic E-state index is 0.161. The summed E-state index contributed by atoms with van der Waals surface area (Å²) < 4.78 is 22.3. The molecular formula is C25H34O10. The molecule has 0 spiro atoms. The molecule has 194 valence electrons. The third-order valence-corrected chi connectivity index (χ3v) is 6.39. The normalized spacial score (nSPS) is 37.7. The quantitative estimate of drug-likeness (QED) is 0.324. The number of hydrogen-bond donors (Lipinski definition) is 4. The number of aliphatic hydroxyl groups is 4. The monoisotopic (exact) mass is 494 g/mol. The molecule has 35 heavy (non-hydrogen) atoms. The van der Waals surface area contributed by atoms with Gasteiger partial charge < -0.3 is 39.4 Å². The van der Waals surface area contributed by atoms with Gasteiger partial charge in [-0.05, 0) is 37.8 Å². The molecule has 1 aromatic carbocycles. The summed E-state index contributed by atoms with van der Waals surface area (Å²) >= 11 is 0. The van der Waals surface area contributed by atoms with E-state index in [1.165, 1.54) is 6.08 Å². The molecular weight excluding hydrogens is 460 g/mol. The van der Waals surface area contributed by atoms with Crippen molar-refractivity contribution in [2.24, 2.45) is 5.92 Å². The number of carbonyl (C=O) groups is 2. The zero-order chi connectivity index (χ0) is 25.9. The van der Waals surface area contributed by atoms with Crippen molar-refractivity contribution >= 4 is 18.0 Å². The first-order valence-electron chi connectivity index (χ1n) is 11.6. The number of esters is 2. The van der Waals surface area contributed by atoms with Crippen molar-refractivity contribution < 1.29 is 49.0 Å². The zero-order valence-electron chi connectivity index (χ0n) is 20.2. The Morgan fingerprint density at radius 3 is 2.23 bits per heavy atom. The van der Waals surface area contributed by atoms with Crippen molar-refractivity contribution in [2.45, 2.75) is 89.2 Å². The molecule has 4 N–H and O–H groups in total. The Labute approximate surface area is 204 Å². The largest absolute Gasteiger partial charge is 0.455 e. The molecule has 0 aromatic heterocycles. The number of hydrogen-bond acceptors (Lipinski definition) is 10. The van der Waals surface area contributed by atoms with E-state index in [9.17, 15) is 30.0 Å². The van der Waals surface area contributed by atoms with Gasteiger partial charge in [0, 0.05) is 13.0 Å². The van der Waals surface area contributed by atoms with E-state index in [-0.39, 0.29) is 6.42 Å². The van der Waals surface area contributed by atoms with Gasteiger partial charge in [-0.25, -0.2) is 4.79 Å². The van der Waals surface area contributed by atoms with Gasteiger partial charge in [0.25, 0.3) is 0 Å². The highest BCUT2D eigenvalue weighted by Crippen LogP contribution is 2.33. The summed E-state index contributed by atoms with van der Waals surface area (Å²) in [5, 5.41) is 41.1. The van der Waals surface area contributed by atoms with Crippen LogP contribution in [0.1, 0.15) is 38.3 Å². The summed E-state index contributed by atoms with van der Waals surface area (Å²) in [6.07, 6.45) is -8.23. The topological polar surface area (TPSA) is 152 Å². The Morgan fingerprint density at radius 2 is 1.60 bits per heavy atom. The van der Waals surface area contributed by atoms with E-state index in [2.05, 4.69) is 0 Å². The summed E-state index contributed by atoms with van der Waals surface area (Å²) in [5.41, 5.74) is 1.86. The second kappa shape index (κ2) is 11.6. The van der Waals surface area contributed by atoms with Crippen LogP contribution in [0.5, 0.6) is 0 Å². The molecule has 1 aliphatic carbocycles. The van der Waals surface area contributed by atoms with E-state index in [1.807, 2.05) is 31.2 Å². The Bertz CT molecular complexity index is 900. The second-order valence-electron chi connectivity index (χ2n) is 9.28. The summed E-state index contributed by atoms with van der Waals surface area (Å²) in [5.74, 6) is -1.83. The first-order chi connectivity index (χ1) is 16.5. The van der Waals surface area contributed by atoms with Gasteiger partial charge in [-0.3, -0.25) is 4.79 Å². The Balaban J connectivity index is 1.78. The van der Waals surface area contributed by atoms with Crippen molar-refractivity contribution in [3.63, 3.8) is 0 Å². The molecule has 0 radical (unpaired) electrons. The van der Waals surface area contributed by atoms with Crippen LogP contribution in [0.25, 0.3) is 6.08 Å². The Kier molecular flexibility index (Phi) is 9.03. The van der Waals surface area contributed by atoms with Crippen molar-refractivity contribution in [2.75, 3.05) is 0 Å². The summed E-state index contributed by atoms with van der Waals surface area (Å²) in [4.78, 5) is 24.4. The lowest BCUT2D eigenvalue weighted by atomic mass is 9.81. The fraction of sp³-hybridized carbons (Fsp3) is 0.600. The number of carbonyl (C=O) groups excluding carboxylic acids is 2. The van der Waals surface area contributed by atoms with Crippen LogP contribution in [0, 0.1) is 12.8 Å². The molecule has 10 unspecified atom stereocenters. The maximum Gasteiger partial charge on any atom is 0.331 e. The average Bonchev–Trinajstić information content (AvgIpc) is 2.80. The van der Waals surface area contributed by atoms with Crippen molar-refractivity contribution in [3.8, 4) is 0 Å².